The predicted molar refractivity (Wildman–Crippen MR) is 70.1 cm³/mol. The quantitative estimate of drug-likeness (QED) is 0.587. The zero-order valence-corrected chi connectivity index (χ0v) is 11.6. The first-order valence-corrected chi connectivity index (χ1v) is 6.51. The monoisotopic (exact) mass is 273 g/mol. The van der Waals surface area contributed by atoms with Crippen LogP contribution in [0.15, 0.2) is 0 Å². The lowest BCUT2D eigenvalue weighted by atomic mass is 10.1. The third-order valence-corrected chi connectivity index (χ3v) is 3.00. The van der Waals surface area contributed by atoms with E-state index in [2.05, 4.69) is 15.5 Å². The molecule has 1 heterocycles. The lowest BCUT2D eigenvalue weighted by Crippen LogP contribution is -2.53. The van der Waals surface area contributed by atoms with Crippen molar-refractivity contribution in [1.29, 1.82) is 0 Å². The highest BCUT2D eigenvalue weighted by Crippen LogP contribution is 2.01. The average Bonchev–Trinajstić information content (AvgIpc) is 2.35. The van der Waals surface area contributed by atoms with Gasteiger partial charge in [-0.05, 0) is 26.8 Å². The van der Waals surface area contributed by atoms with Crippen molar-refractivity contribution < 1.29 is 19.4 Å². The zero-order valence-electron chi connectivity index (χ0n) is 11.6. The van der Waals surface area contributed by atoms with Crippen LogP contribution < -0.4 is 10.6 Å². The summed E-state index contributed by atoms with van der Waals surface area (Å²) in [7, 11) is 0. The Bertz CT molecular complexity index is 314. The maximum atomic E-state index is 11.5. The molecule has 19 heavy (non-hydrogen) atoms. The fraction of sp³-hybridized carbons (Fsp3) is 0.833. The Morgan fingerprint density at radius 3 is 2.53 bits per heavy atom. The van der Waals surface area contributed by atoms with E-state index < -0.39 is 17.5 Å². The molecule has 2 amide bonds. The molecule has 1 aliphatic heterocycles. The van der Waals surface area contributed by atoms with E-state index in [1.807, 2.05) is 0 Å². The molecule has 1 saturated heterocycles. The first kappa shape index (κ1) is 15.7. The van der Waals surface area contributed by atoms with Crippen molar-refractivity contribution in [3.63, 3.8) is 0 Å². The molecule has 1 fully saturated rings. The van der Waals surface area contributed by atoms with Gasteiger partial charge >= 0.3 is 12.0 Å². The van der Waals surface area contributed by atoms with Gasteiger partial charge in [0.2, 0.25) is 0 Å². The molecule has 0 aromatic heterocycles. The van der Waals surface area contributed by atoms with E-state index in [0.29, 0.717) is 6.54 Å². The summed E-state index contributed by atoms with van der Waals surface area (Å²) < 4.78 is 5.24. The van der Waals surface area contributed by atoms with Gasteiger partial charge in [-0.1, -0.05) is 0 Å². The number of carbonyl (C=O) groups excluding carboxylic acids is 1. The standard InChI is InChI=1S/C12H23N3O4/c1-12(2,10(16)17)14-11(18)13-4-3-5-15-6-8-19-9-7-15/h3-9H2,1-2H3,(H,16,17)(H2,13,14,18). The van der Waals surface area contributed by atoms with Gasteiger partial charge in [0.1, 0.15) is 5.54 Å². The second-order valence-corrected chi connectivity index (χ2v) is 5.12. The number of nitrogens with zero attached hydrogens (tertiary/aromatic N) is 1. The van der Waals surface area contributed by atoms with Crippen LogP contribution in [0.4, 0.5) is 4.79 Å². The highest BCUT2D eigenvalue weighted by molar-refractivity contribution is 5.85. The molecule has 7 nitrogen and oxygen atoms in total. The number of carboxylic acid groups (broad SMARTS) is 1. The fourth-order valence-electron chi connectivity index (χ4n) is 1.71. The van der Waals surface area contributed by atoms with Gasteiger partial charge < -0.3 is 20.5 Å². The van der Waals surface area contributed by atoms with Crippen LogP contribution in [0.5, 0.6) is 0 Å². The molecule has 110 valence electrons. The van der Waals surface area contributed by atoms with E-state index in [-0.39, 0.29) is 0 Å². The molecule has 0 aliphatic carbocycles. The highest BCUT2D eigenvalue weighted by atomic mass is 16.5. The summed E-state index contributed by atoms with van der Waals surface area (Å²) in [6, 6.07) is -0.450. The topological polar surface area (TPSA) is 90.9 Å². The number of amides is 2. The Balaban J connectivity index is 2.11. The smallest absolute Gasteiger partial charge is 0.328 e. The van der Waals surface area contributed by atoms with Crippen molar-refractivity contribution in [2.24, 2.45) is 0 Å². The van der Waals surface area contributed by atoms with Gasteiger partial charge in [0.15, 0.2) is 0 Å². The van der Waals surface area contributed by atoms with Crippen molar-refractivity contribution >= 4 is 12.0 Å². The molecule has 1 rings (SSSR count). The van der Waals surface area contributed by atoms with Crippen molar-refractivity contribution in [2.75, 3.05) is 39.4 Å². The summed E-state index contributed by atoms with van der Waals surface area (Å²) in [6.07, 6.45) is 0.834. The van der Waals surface area contributed by atoms with Gasteiger partial charge in [0.05, 0.1) is 13.2 Å². The zero-order chi connectivity index (χ0) is 14.3. The molecule has 1 aliphatic rings. The molecule has 0 aromatic carbocycles. The lowest BCUT2D eigenvalue weighted by molar-refractivity contribution is -0.142. The molecule has 0 radical (unpaired) electrons. The third kappa shape index (κ3) is 5.89. The van der Waals surface area contributed by atoms with E-state index in [1.165, 1.54) is 13.8 Å². The first-order chi connectivity index (χ1) is 8.92. The minimum atomic E-state index is -1.26. The SMILES string of the molecule is CC(C)(NC(=O)NCCCN1CCOCC1)C(=O)O. The van der Waals surface area contributed by atoms with E-state index in [1.54, 1.807) is 0 Å². The Hall–Kier alpha value is -1.34. The summed E-state index contributed by atoms with van der Waals surface area (Å²) in [5.74, 6) is -1.06. The molecular formula is C12H23N3O4. The predicted octanol–water partition coefficient (Wildman–Crippen LogP) is -0.129. The summed E-state index contributed by atoms with van der Waals surface area (Å²) in [5.41, 5.74) is -1.26. The normalized spacial score (nSPS) is 16.9. The molecule has 3 N–H and O–H groups in total. The van der Waals surface area contributed by atoms with E-state index in [0.717, 1.165) is 39.3 Å². The lowest BCUT2D eigenvalue weighted by Gasteiger charge is -2.26. The maximum Gasteiger partial charge on any atom is 0.328 e. The van der Waals surface area contributed by atoms with Crippen LogP contribution in [0.25, 0.3) is 0 Å². The number of aliphatic carboxylic acids is 1. The number of carboxylic acids is 1. The Kier molecular flexibility index (Phi) is 6.04. The van der Waals surface area contributed by atoms with Gasteiger partial charge in [0, 0.05) is 19.6 Å². The maximum absolute atomic E-state index is 11.5. The largest absolute Gasteiger partial charge is 0.480 e. The van der Waals surface area contributed by atoms with Gasteiger partial charge in [-0.3, -0.25) is 4.90 Å². The summed E-state index contributed by atoms with van der Waals surface area (Å²) in [4.78, 5) is 24.6. The van der Waals surface area contributed by atoms with E-state index in [9.17, 15) is 9.59 Å². The first-order valence-electron chi connectivity index (χ1n) is 6.51. The minimum Gasteiger partial charge on any atom is -0.480 e. The number of rotatable bonds is 6. The minimum absolute atomic E-state index is 0.450. The van der Waals surface area contributed by atoms with Crippen molar-refractivity contribution in [3.05, 3.63) is 0 Å². The highest BCUT2D eigenvalue weighted by Gasteiger charge is 2.28. The number of urea groups is 1. The summed E-state index contributed by atoms with van der Waals surface area (Å²) in [6.45, 7) is 7.72. The average molecular weight is 273 g/mol. The number of hydrogen-bond donors (Lipinski definition) is 3. The summed E-state index contributed by atoms with van der Waals surface area (Å²) >= 11 is 0. The third-order valence-electron chi connectivity index (χ3n) is 3.00. The molecule has 7 heteroatoms. The Morgan fingerprint density at radius 2 is 1.95 bits per heavy atom. The molecule has 0 unspecified atom stereocenters. The fourth-order valence-corrected chi connectivity index (χ4v) is 1.71. The van der Waals surface area contributed by atoms with Crippen LogP contribution in [0.1, 0.15) is 20.3 Å². The van der Waals surface area contributed by atoms with Gasteiger partial charge in [-0.15, -0.1) is 0 Å². The van der Waals surface area contributed by atoms with Crippen molar-refractivity contribution in [2.45, 2.75) is 25.8 Å². The van der Waals surface area contributed by atoms with Gasteiger partial charge in [-0.25, -0.2) is 9.59 Å². The second-order valence-electron chi connectivity index (χ2n) is 5.12. The Morgan fingerprint density at radius 1 is 1.32 bits per heavy atom. The van der Waals surface area contributed by atoms with Crippen LogP contribution in [0, 0.1) is 0 Å². The molecule has 0 aromatic rings. The van der Waals surface area contributed by atoms with Crippen LogP contribution in [-0.2, 0) is 9.53 Å². The molecular weight excluding hydrogens is 250 g/mol. The number of morpholine rings is 1. The number of nitrogens with one attached hydrogen (secondary N) is 2. The van der Waals surface area contributed by atoms with Crippen molar-refractivity contribution in [3.8, 4) is 0 Å². The van der Waals surface area contributed by atoms with Crippen molar-refractivity contribution in [1.82, 2.24) is 15.5 Å². The Labute approximate surface area is 113 Å². The molecule has 0 spiro atoms. The second kappa shape index (κ2) is 7.30. The van der Waals surface area contributed by atoms with Gasteiger partial charge in [0.25, 0.3) is 0 Å². The van der Waals surface area contributed by atoms with Crippen LogP contribution in [-0.4, -0.2) is 66.9 Å². The number of hydrogen-bond acceptors (Lipinski definition) is 4. The van der Waals surface area contributed by atoms with E-state index >= 15 is 0 Å². The van der Waals surface area contributed by atoms with Crippen LogP contribution in [0.3, 0.4) is 0 Å². The van der Waals surface area contributed by atoms with Gasteiger partial charge in [-0.2, -0.15) is 0 Å². The molecule has 0 saturated carbocycles. The number of ether oxygens (including phenoxy) is 1. The van der Waals surface area contributed by atoms with Crippen LogP contribution in [0.2, 0.25) is 0 Å². The van der Waals surface area contributed by atoms with E-state index in [4.69, 9.17) is 9.84 Å². The number of carbonyl (C=O) groups is 2. The summed E-state index contributed by atoms with van der Waals surface area (Å²) in [5, 5.41) is 13.9. The molecule has 0 atom stereocenters. The van der Waals surface area contributed by atoms with Crippen LogP contribution >= 0.6 is 0 Å². The molecule has 0 bridgehead atoms.